The minimum atomic E-state index is -4.50. The zero-order valence-corrected chi connectivity index (χ0v) is 19.9. The molecule has 0 saturated carbocycles. The average molecular weight is 519 g/mol. The van der Waals surface area contributed by atoms with Crippen molar-refractivity contribution in [3.8, 4) is 0 Å². The molecule has 37 heavy (non-hydrogen) atoms. The van der Waals surface area contributed by atoms with Crippen LogP contribution in [0.4, 0.5) is 23.4 Å². The van der Waals surface area contributed by atoms with Gasteiger partial charge in [0.15, 0.2) is 0 Å². The van der Waals surface area contributed by atoms with E-state index in [0.29, 0.717) is 48.5 Å². The van der Waals surface area contributed by atoms with Gasteiger partial charge in [0.05, 0.1) is 22.2 Å². The molecule has 2 aromatic heterocycles. The highest BCUT2D eigenvalue weighted by molar-refractivity contribution is 5.94. The summed E-state index contributed by atoms with van der Waals surface area (Å²) in [5.74, 6) is -1.25. The molecule has 2 aliphatic rings. The summed E-state index contributed by atoms with van der Waals surface area (Å²) in [7, 11) is 0. The minimum absolute atomic E-state index is 0.0272. The number of nitrogen functional groups attached to an aromatic ring is 1. The van der Waals surface area contributed by atoms with Crippen molar-refractivity contribution in [1.82, 2.24) is 24.6 Å². The van der Waals surface area contributed by atoms with Crippen LogP contribution in [0.3, 0.4) is 0 Å². The number of piperidine rings is 1. The molecule has 0 bridgehead atoms. The van der Waals surface area contributed by atoms with E-state index in [-0.39, 0.29) is 36.6 Å². The third-order valence-electron chi connectivity index (χ3n) is 7.19. The number of anilines is 1. The minimum Gasteiger partial charge on any atom is -0.384 e. The largest absolute Gasteiger partial charge is 0.408 e. The van der Waals surface area contributed by atoms with Crippen LogP contribution >= 0.6 is 0 Å². The van der Waals surface area contributed by atoms with Gasteiger partial charge in [0.25, 0.3) is 5.91 Å². The van der Waals surface area contributed by atoms with Crippen molar-refractivity contribution in [1.29, 1.82) is 0 Å². The van der Waals surface area contributed by atoms with Crippen LogP contribution in [-0.2, 0) is 11.3 Å². The number of nitrogens with two attached hydrogens (primary N) is 1. The lowest BCUT2D eigenvalue weighted by atomic mass is 9.91. The summed E-state index contributed by atoms with van der Waals surface area (Å²) in [6, 6.07) is 5.76. The molecular weight excluding hydrogens is 492 g/mol. The third kappa shape index (κ3) is 4.84. The lowest BCUT2D eigenvalue weighted by Gasteiger charge is -2.31. The van der Waals surface area contributed by atoms with Gasteiger partial charge in [-0.3, -0.25) is 14.3 Å². The van der Waals surface area contributed by atoms with Crippen molar-refractivity contribution in [2.24, 2.45) is 0 Å². The van der Waals surface area contributed by atoms with Gasteiger partial charge in [-0.15, -0.1) is 0 Å². The standard InChI is InChI=1S/C25H26F4N6O2/c26-17-3-1-4-18-22(17)23(32-35(18)14-21(36)34-10-2-5-19(34)25(27,28)29)15-8-11-33(12-9-15)24(37)16-6-7-20(30)31-13-16/h1,3-4,6-7,13,15,19H,2,5,8-12,14H2,(H2,30,31)/t19-/m0/s1. The van der Waals surface area contributed by atoms with E-state index in [2.05, 4.69) is 10.1 Å². The SMILES string of the molecule is Nc1ccc(C(=O)N2CCC(c3nn(CC(=O)N4CCC[C@H]4C(F)(F)F)c4cccc(F)c34)CC2)cn1. The van der Waals surface area contributed by atoms with Crippen LogP contribution in [0.25, 0.3) is 10.9 Å². The Morgan fingerprint density at radius 3 is 2.49 bits per heavy atom. The molecule has 196 valence electrons. The van der Waals surface area contributed by atoms with Crippen LogP contribution in [0.5, 0.6) is 0 Å². The van der Waals surface area contributed by atoms with E-state index in [0.717, 1.165) is 4.90 Å². The number of carbonyl (C=O) groups is 2. The molecule has 4 heterocycles. The molecule has 0 aliphatic carbocycles. The first kappa shape index (κ1) is 25.0. The number of pyridine rings is 1. The van der Waals surface area contributed by atoms with Gasteiger partial charge < -0.3 is 15.5 Å². The highest BCUT2D eigenvalue weighted by atomic mass is 19.4. The fourth-order valence-electron chi connectivity index (χ4n) is 5.32. The molecule has 2 N–H and O–H groups in total. The van der Waals surface area contributed by atoms with Crippen molar-refractivity contribution in [3.63, 3.8) is 0 Å². The van der Waals surface area contributed by atoms with Gasteiger partial charge in [-0.05, 0) is 49.9 Å². The number of amides is 2. The van der Waals surface area contributed by atoms with Crippen molar-refractivity contribution >= 4 is 28.5 Å². The summed E-state index contributed by atoms with van der Waals surface area (Å²) < 4.78 is 56.4. The number of alkyl halides is 3. The van der Waals surface area contributed by atoms with Gasteiger partial charge >= 0.3 is 6.18 Å². The van der Waals surface area contributed by atoms with Gasteiger partial charge in [-0.1, -0.05) is 6.07 Å². The number of halogens is 4. The average Bonchev–Trinajstić information content (AvgIpc) is 3.51. The number of benzene rings is 1. The highest BCUT2D eigenvalue weighted by Crippen LogP contribution is 2.35. The fraction of sp³-hybridized carbons (Fsp3) is 0.440. The van der Waals surface area contributed by atoms with Gasteiger partial charge in [0.2, 0.25) is 5.91 Å². The van der Waals surface area contributed by atoms with E-state index in [1.807, 2.05) is 0 Å². The number of carbonyl (C=O) groups excluding carboxylic acids is 2. The van der Waals surface area contributed by atoms with Crippen LogP contribution in [0.1, 0.15) is 47.7 Å². The van der Waals surface area contributed by atoms with E-state index < -0.39 is 30.5 Å². The van der Waals surface area contributed by atoms with Crippen LogP contribution < -0.4 is 5.73 Å². The summed E-state index contributed by atoms with van der Waals surface area (Å²) in [5, 5.41) is 4.79. The molecule has 0 unspecified atom stereocenters. The number of fused-ring (bicyclic) bond motifs is 1. The molecule has 1 atom stereocenters. The summed E-state index contributed by atoms with van der Waals surface area (Å²) in [6.07, 6.45) is -1.88. The van der Waals surface area contributed by atoms with E-state index in [9.17, 15) is 27.2 Å². The monoisotopic (exact) mass is 518 g/mol. The maximum atomic E-state index is 15.0. The first-order chi connectivity index (χ1) is 17.6. The number of hydrogen-bond donors (Lipinski definition) is 1. The highest BCUT2D eigenvalue weighted by Gasteiger charge is 2.47. The van der Waals surface area contributed by atoms with E-state index >= 15 is 0 Å². The summed E-state index contributed by atoms with van der Waals surface area (Å²) in [5.41, 5.74) is 6.83. The lowest BCUT2D eigenvalue weighted by Crippen LogP contribution is -2.45. The molecule has 8 nitrogen and oxygen atoms in total. The Bertz CT molecular complexity index is 1320. The van der Waals surface area contributed by atoms with Crippen LogP contribution in [-0.4, -0.2) is 68.2 Å². The number of nitrogens with zero attached hydrogens (tertiary/aromatic N) is 5. The molecule has 0 spiro atoms. The Labute approximate surface area is 210 Å². The van der Waals surface area contributed by atoms with Gasteiger partial charge in [-0.25, -0.2) is 9.37 Å². The Hall–Kier alpha value is -3.70. The molecular formula is C25H26F4N6O2. The first-order valence-corrected chi connectivity index (χ1v) is 12.2. The lowest BCUT2D eigenvalue weighted by molar-refractivity contribution is -0.183. The molecule has 0 radical (unpaired) electrons. The van der Waals surface area contributed by atoms with Gasteiger partial charge in [0, 0.05) is 31.7 Å². The number of aromatic nitrogens is 3. The molecule has 2 aliphatic heterocycles. The van der Waals surface area contributed by atoms with E-state index in [1.165, 1.54) is 23.0 Å². The van der Waals surface area contributed by atoms with Crippen molar-refractivity contribution in [2.75, 3.05) is 25.4 Å². The van der Waals surface area contributed by atoms with E-state index in [1.54, 1.807) is 23.1 Å². The molecule has 3 aromatic rings. The van der Waals surface area contributed by atoms with E-state index in [4.69, 9.17) is 5.73 Å². The summed E-state index contributed by atoms with van der Waals surface area (Å²) in [6.45, 7) is 0.445. The number of rotatable bonds is 4. The molecule has 12 heteroatoms. The number of hydrogen-bond acceptors (Lipinski definition) is 5. The Morgan fingerprint density at radius 1 is 1.05 bits per heavy atom. The Kier molecular flexibility index (Phi) is 6.50. The zero-order valence-electron chi connectivity index (χ0n) is 19.9. The molecule has 1 aromatic carbocycles. The van der Waals surface area contributed by atoms with Crippen LogP contribution in [0, 0.1) is 5.82 Å². The zero-order chi connectivity index (χ0) is 26.3. The van der Waals surface area contributed by atoms with Crippen molar-refractivity contribution < 1.29 is 27.2 Å². The maximum Gasteiger partial charge on any atom is 0.408 e. The number of likely N-dealkylation sites (tertiary alicyclic amines) is 2. The molecule has 5 rings (SSSR count). The van der Waals surface area contributed by atoms with Crippen LogP contribution in [0.15, 0.2) is 36.5 Å². The Morgan fingerprint density at radius 2 is 1.81 bits per heavy atom. The second-order valence-electron chi connectivity index (χ2n) is 9.50. The second-order valence-corrected chi connectivity index (χ2v) is 9.50. The van der Waals surface area contributed by atoms with Gasteiger partial charge in [0.1, 0.15) is 24.2 Å². The predicted molar refractivity (Wildman–Crippen MR) is 127 cm³/mol. The van der Waals surface area contributed by atoms with Crippen molar-refractivity contribution in [3.05, 3.63) is 53.6 Å². The maximum absolute atomic E-state index is 15.0. The normalized spacial score (nSPS) is 19.1. The fourth-order valence-corrected chi connectivity index (χ4v) is 5.32. The van der Waals surface area contributed by atoms with Gasteiger partial charge in [-0.2, -0.15) is 18.3 Å². The smallest absolute Gasteiger partial charge is 0.384 e. The van der Waals surface area contributed by atoms with Crippen LogP contribution in [0.2, 0.25) is 0 Å². The second kappa shape index (κ2) is 9.64. The summed E-state index contributed by atoms with van der Waals surface area (Å²) in [4.78, 5) is 32.2. The van der Waals surface area contributed by atoms with Crippen molar-refractivity contribution in [2.45, 2.75) is 50.4 Å². The topological polar surface area (TPSA) is 97.3 Å². The third-order valence-corrected chi connectivity index (χ3v) is 7.19. The molecule has 2 amide bonds. The predicted octanol–water partition coefficient (Wildman–Crippen LogP) is 3.73. The summed E-state index contributed by atoms with van der Waals surface area (Å²) >= 11 is 0. The molecule has 2 fully saturated rings. The Balaban J connectivity index is 1.35. The quantitative estimate of drug-likeness (QED) is 0.531. The molecule has 2 saturated heterocycles. The first-order valence-electron chi connectivity index (χ1n) is 12.2.